The van der Waals surface area contributed by atoms with Gasteiger partial charge in [0, 0.05) is 21.8 Å². The van der Waals surface area contributed by atoms with Gasteiger partial charge in [0.25, 0.3) is 0 Å². The van der Waals surface area contributed by atoms with Gasteiger partial charge >= 0.3 is 7.12 Å². The van der Waals surface area contributed by atoms with Crippen LogP contribution in [0.4, 0.5) is 0 Å². The average molecular weight is 343 g/mol. The smallest absolute Gasteiger partial charge is 0.399 e. The molecule has 0 radical (unpaired) electrons. The minimum atomic E-state index is -0.338. The molecule has 3 aromatic carbocycles. The molecule has 0 aliphatic carbocycles. The van der Waals surface area contributed by atoms with E-state index >= 15 is 0 Å². The highest BCUT2D eigenvalue weighted by Crippen LogP contribution is 2.37. The molecule has 0 atom stereocenters. The first-order valence-electron chi connectivity index (χ1n) is 9.14. The molecule has 2 heterocycles. The molecule has 1 saturated heterocycles. The Morgan fingerprint density at radius 1 is 0.731 bits per heavy atom. The van der Waals surface area contributed by atoms with Crippen LogP contribution in [0, 0.1) is 0 Å². The summed E-state index contributed by atoms with van der Waals surface area (Å²) in [7, 11) is -0.338. The van der Waals surface area contributed by atoms with Crippen molar-refractivity contribution in [3.05, 3.63) is 54.6 Å². The van der Waals surface area contributed by atoms with E-state index in [1.54, 1.807) is 0 Å². The number of aromatic nitrogens is 1. The third kappa shape index (κ3) is 2.22. The Bertz CT molecular complexity index is 1140. The van der Waals surface area contributed by atoms with Crippen molar-refractivity contribution in [1.29, 1.82) is 0 Å². The molecule has 4 aromatic rings. The third-order valence-corrected chi connectivity index (χ3v) is 6.01. The van der Waals surface area contributed by atoms with E-state index in [1.807, 2.05) is 0 Å². The quantitative estimate of drug-likeness (QED) is 0.505. The lowest BCUT2D eigenvalue weighted by atomic mass is 9.78. The molecule has 0 saturated carbocycles. The van der Waals surface area contributed by atoms with Gasteiger partial charge in [0.1, 0.15) is 0 Å². The van der Waals surface area contributed by atoms with Crippen LogP contribution >= 0.6 is 0 Å². The van der Waals surface area contributed by atoms with Gasteiger partial charge in [-0.2, -0.15) is 0 Å². The summed E-state index contributed by atoms with van der Waals surface area (Å²) in [6.45, 7) is 8.35. The van der Waals surface area contributed by atoms with Crippen LogP contribution in [0.25, 0.3) is 32.6 Å². The van der Waals surface area contributed by atoms with Gasteiger partial charge in [-0.3, -0.25) is 0 Å². The van der Waals surface area contributed by atoms with Crippen molar-refractivity contribution in [1.82, 2.24) is 4.98 Å². The summed E-state index contributed by atoms with van der Waals surface area (Å²) in [5.74, 6) is 0. The molecule has 1 fully saturated rings. The van der Waals surface area contributed by atoms with Crippen LogP contribution in [0.15, 0.2) is 54.6 Å². The van der Waals surface area contributed by atoms with E-state index in [1.165, 1.54) is 21.5 Å². The number of H-pyrrole nitrogens is 1. The van der Waals surface area contributed by atoms with E-state index in [0.717, 1.165) is 16.5 Å². The van der Waals surface area contributed by atoms with Crippen molar-refractivity contribution in [2.45, 2.75) is 38.9 Å². The molecule has 0 unspecified atom stereocenters. The SMILES string of the molecule is CC1(C)OB(c2ccc3[nH]c4cc5ccccc5cc4c3c2)OC1(C)C. The van der Waals surface area contributed by atoms with Gasteiger partial charge in [-0.15, -0.1) is 0 Å². The Morgan fingerprint density at radius 3 is 2.04 bits per heavy atom. The summed E-state index contributed by atoms with van der Waals surface area (Å²) in [4.78, 5) is 3.54. The Hall–Kier alpha value is -2.30. The van der Waals surface area contributed by atoms with Gasteiger partial charge < -0.3 is 14.3 Å². The van der Waals surface area contributed by atoms with E-state index in [4.69, 9.17) is 9.31 Å². The number of rotatable bonds is 1. The van der Waals surface area contributed by atoms with Gasteiger partial charge in [-0.1, -0.05) is 36.4 Å². The standard InChI is InChI=1S/C22H22BNO2/c1-21(2)22(3,4)26-23(25-21)16-9-10-19-18(13-16)17-11-14-7-5-6-8-15(14)12-20(17)24-19/h5-13,24H,1-4H3. The molecule has 1 aromatic heterocycles. The van der Waals surface area contributed by atoms with Crippen molar-refractivity contribution in [2.75, 3.05) is 0 Å². The van der Waals surface area contributed by atoms with Gasteiger partial charge in [0.15, 0.2) is 0 Å². The van der Waals surface area contributed by atoms with Gasteiger partial charge in [0.2, 0.25) is 0 Å². The summed E-state index contributed by atoms with van der Waals surface area (Å²) >= 11 is 0. The Kier molecular flexibility index (Phi) is 3.14. The van der Waals surface area contributed by atoms with Crippen LogP contribution in [-0.2, 0) is 9.31 Å². The molecule has 1 aliphatic heterocycles. The molecule has 26 heavy (non-hydrogen) atoms. The zero-order chi connectivity index (χ0) is 18.1. The van der Waals surface area contributed by atoms with Crippen molar-refractivity contribution < 1.29 is 9.31 Å². The zero-order valence-electron chi connectivity index (χ0n) is 15.6. The predicted octanol–water partition coefficient (Wildman–Crippen LogP) is 4.77. The molecule has 1 N–H and O–H groups in total. The topological polar surface area (TPSA) is 34.2 Å². The first-order valence-corrected chi connectivity index (χ1v) is 9.14. The number of nitrogens with one attached hydrogen (secondary N) is 1. The summed E-state index contributed by atoms with van der Waals surface area (Å²) in [6.07, 6.45) is 0. The lowest BCUT2D eigenvalue weighted by molar-refractivity contribution is 0.00578. The Labute approximate surface area is 153 Å². The second-order valence-electron chi connectivity index (χ2n) is 8.26. The molecular formula is C22H22BNO2. The fourth-order valence-electron chi connectivity index (χ4n) is 3.73. The summed E-state index contributed by atoms with van der Waals surface area (Å²) < 4.78 is 12.5. The van der Waals surface area contributed by atoms with E-state index in [2.05, 4.69) is 87.3 Å². The second kappa shape index (κ2) is 5.12. The molecule has 1 aliphatic rings. The lowest BCUT2D eigenvalue weighted by Gasteiger charge is -2.32. The van der Waals surface area contributed by atoms with Crippen molar-refractivity contribution in [3.8, 4) is 0 Å². The summed E-state index contributed by atoms with van der Waals surface area (Å²) in [6, 6.07) is 19.4. The Morgan fingerprint density at radius 2 is 1.35 bits per heavy atom. The maximum Gasteiger partial charge on any atom is 0.494 e. The highest BCUT2D eigenvalue weighted by molar-refractivity contribution is 6.62. The fraction of sp³-hybridized carbons (Fsp3) is 0.273. The largest absolute Gasteiger partial charge is 0.494 e. The Balaban J connectivity index is 1.67. The number of aromatic amines is 1. The van der Waals surface area contributed by atoms with E-state index in [0.29, 0.717) is 0 Å². The lowest BCUT2D eigenvalue weighted by Crippen LogP contribution is -2.41. The minimum absolute atomic E-state index is 0.330. The van der Waals surface area contributed by atoms with Crippen LogP contribution in [-0.4, -0.2) is 23.3 Å². The van der Waals surface area contributed by atoms with E-state index in [-0.39, 0.29) is 18.3 Å². The number of fused-ring (bicyclic) bond motifs is 4. The number of hydrogen-bond acceptors (Lipinski definition) is 2. The maximum atomic E-state index is 6.23. The highest BCUT2D eigenvalue weighted by Gasteiger charge is 2.51. The highest BCUT2D eigenvalue weighted by atomic mass is 16.7. The van der Waals surface area contributed by atoms with E-state index < -0.39 is 0 Å². The molecule has 4 heteroatoms. The number of benzene rings is 3. The first-order chi connectivity index (χ1) is 12.3. The van der Waals surface area contributed by atoms with Crippen LogP contribution in [0.1, 0.15) is 27.7 Å². The van der Waals surface area contributed by atoms with Gasteiger partial charge in [-0.05, 0) is 62.1 Å². The molecule has 3 nitrogen and oxygen atoms in total. The monoisotopic (exact) mass is 343 g/mol. The van der Waals surface area contributed by atoms with Crippen LogP contribution < -0.4 is 5.46 Å². The van der Waals surface area contributed by atoms with Gasteiger partial charge in [-0.25, -0.2) is 0 Å². The first kappa shape index (κ1) is 15.9. The predicted molar refractivity (Wildman–Crippen MR) is 109 cm³/mol. The molecule has 5 rings (SSSR count). The average Bonchev–Trinajstić information content (AvgIpc) is 3.05. The van der Waals surface area contributed by atoms with Crippen LogP contribution in [0.2, 0.25) is 0 Å². The molecule has 0 amide bonds. The van der Waals surface area contributed by atoms with Crippen LogP contribution in [0.5, 0.6) is 0 Å². The third-order valence-electron chi connectivity index (χ3n) is 6.01. The zero-order valence-corrected chi connectivity index (χ0v) is 15.6. The molecule has 130 valence electrons. The minimum Gasteiger partial charge on any atom is -0.399 e. The molecule has 0 spiro atoms. The van der Waals surface area contributed by atoms with Crippen molar-refractivity contribution >= 4 is 45.2 Å². The van der Waals surface area contributed by atoms with Gasteiger partial charge in [0.05, 0.1) is 11.2 Å². The normalized spacial score (nSPS) is 19.0. The van der Waals surface area contributed by atoms with E-state index in [9.17, 15) is 0 Å². The van der Waals surface area contributed by atoms with Crippen molar-refractivity contribution in [2.24, 2.45) is 0 Å². The second-order valence-corrected chi connectivity index (χ2v) is 8.26. The maximum absolute atomic E-state index is 6.23. The summed E-state index contributed by atoms with van der Waals surface area (Å²) in [5, 5.41) is 4.94. The molecule has 0 bridgehead atoms. The van der Waals surface area contributed by atoms with Crippen LogP contribution in [0.3, 0.4) is 0 Å². The molecular weight excluding hydrogens is 321 g/mol. The fourth-order valence-corrected chi connectivity index (χ4v) is 3.73. The summed E-state index contributed by atoms with van der Waals surface area (Å²) in [5.41, 5.74) is 2.69. The number of hydrogen-bond donors (Lipinski definition) is 1. The van der Waals surface area contributed by atoms with Crippen molar-refractivity contribution in [3.63, 3.8) is 0 Å².